The molecule has 1 aliphatic rings. The minimum atomic E-state index is -0.119. The van der Waals surface area contributed by atoms with Gasteiger partial charge in [0, 0.05) is 22.1 Å². The number of benzene rings is 10. The highest BCUT2D eigenvalue weighted by Gasteiger charge is 2.35. The van der Waals surface area contributed by atoms with E-state index in [2.05, 4.69) is 220 Å². The summed E-state index contributed by atoms with van der Waals surface area (Å²) in [6.45, 7) is 4.66. The summed E-state index contributed by atoms with van der Waals surface area (Å²) in [5.74, 6) is 1.89. The largest absolute Gasteiger partial charge is 0.208 e. The maximum absolute atomic E-state index is 5.31. The Labute approximate surface area is 367 Å². The molecule has 12 rings (SSSR count). The molecule has 3 heteroatoms. The predicted octanol–water partition coefficient (Wildman–Crippen LogP) is 15.6. The highest BCUT2D eigenvalue weighted by Crippen LogP contribution is 2.50. The molecule has 0 N–H and O–H groups in total. The van der Waals surface area contributed by atoms with Crippen molar-refractivity contribution in [2.45, 2.75) is 19.3 Å². The molecule has 0 saturated heterocycles. The molecule has 1 aliphatic carbocycles. The van der Waals surface area contributed by atoms with Gasteiger partial charge in [0.15, 0.2) is 17.5 Å². The molecule has 0 unspecified atom stereocenters. The van der Waals surface area contributed by atoms with Crippen molar-refractivity contribution in [2.24, 2.45) is 0 Å². The Bertz CT molecular complexity index is 3590. The van der Waals surface area contributed by atoms with Gasteiger partial charge in [-0.05, 0) is 106 Å². The molecule has 10 aromatic carbocycles. The monoisotopic (exact) mass is 803 g/mol. The third-order valence-electron chi connectivity index (χ3n) is 13.1. The van der Waals surface area contributed by atoms with Crippen molar-refractivity contribution in [2.75, 3.05) is 0 Å². The summed E-state index contributed by atoms with van der Waals surface area (Å²) in [6.07, 6.45) is 0. The number of hydrogen-bond acceptors (Lipinski definition) is 3. The van der Waals surface area contributed by atoms with Gasteiger partial charge in [0.05, 0.1) is 0 Å². The van der Waals surface area contributed by atoms with Gasteiger partial charge in [-0.1, -0.05) is 208 Å². The normalized spacial score (nSPS) is 12.7. The van der Waals surface area contributed by atoms with E-state index in [1.54, 1.807) is 0 Å². The Morgan fingerprint density at radius 3 is 1.70 bits per heavy atom. The molecule has 1 heterocycles. The molecule has 0 saturated carbocycles. The molecular formula is C60H41N3. The molecule has 296 valence electrons. The van der Waals surface area contributed by atoms with Gasteiger partial charge in [-0.25, -0.2) is 15.0 Å². The third kappa shape index (κ3) is 6.15. The first-order valence-electron chi connectivity index (χ1n) is 21.7. The number of nitrogens with zero attached hydrogens (tertiary/aromatic N) is 3. The molecule has 0 spiro atoms. The molecular weight excluding hydrogens is 763 g/mol. The summed E-state index contributed by atoms with van der Waals surface area (Å²) >= 11 is 0. The summed E-state index contributed by atoms with van der Waals surface area (Å²) in [5.41, 5.74) is 14.9. The number of hydrogen-bond donors (Lipinski definition) is 0. The Morgan fingerprint density at radius 2 is 0.873 bits per heavy atom. The number of rotatable bonds is 6. The third-order valence-corrected chi connectivity index (χ3v) is 13.1. The van der Waals surface area contributed by atoms with Crippen LogP contribution >= 0.6 is 0 Å². The van der Waals surface area contributed by atoms with Gasteiger partial charge < -0.3 is 0 Å². The standard InChI is InChI=1S/C60H41N3/c1-60(2)54-26-13-12-24-49(54)50-33-32-44(37-55(50)60)47-22-10-11-25-52(47)59-62-57(61-58(63-59)45-20-14-19-42(35-45)38-15-4-3-5-16-38)41-29-27-40(28-30-41)56-48-23-9-7-18-43(48)36-53-46-21-8-6-17-39(46)31-34-51(53)56/h3-37H,1-2H3. The van der Waals surface area contributed by atoms with Crippen LogP contribution in [0.5, 0.6) is 0 Å². The Hall–Kier alpha value is -8.01. The van der Waals surface area contributed by atoms with Gasteiger partial charge in [0.1, 0.15) is 0 Å². The minimum Gasteiger partial charge on any atom is -0.208 e. The van der Waals surface area contributed by atoms with Gasteiger partial charge in [-0.2, -0.15) is 0 Å². The highest BCUT2D eigenvalue weighted by molar-refractivity contribution is 6.20. The number of aromatic nitrogens is 3. The quantitative estimate of drug-likeness (QED) is 0.124. The van der Waals surface area contributed by atoms with Gasteiger partial charge in [-0.3, -0.25) is 0 Å². The van der Waals surface area contributed by atoms with Crippen LogP contribution < -0.4 is 0 Å². The van der Waals surface area contributed by atoms with Crippen LogP contribution in [0.25, 0.3) is 111 Å². The van der Waals surface area contributed by atoms with Crippen molar-refractivity contribution in [1.82, 2.24) is 15.0 Å². The van der Waals surface area contributed by atoms with E-state index in [1.165, 1.54) is 60.1 Å². The minimum absolute atomic E-state index is 0.119. The van der Waals surface area contributed by atoms with Crippen molar-refractivity contribution < 1.29 is 0 Å². The average Bonchev–Trinajstić information content (AvgIpc) is 3.58. The van der Waals surface area contributed by atoms with Crippen molar-refractivity contribution in [3.63, 3.8) is 0 Å². The maximum atomic E-state index is 5.31. The van der Waals surface area contributed by atoms with Crippen LogP contribution in [0.4, 0.5) is 0 Å². The fourth-order valence-corrected chi connectivity index (χ4v) is 9.94. The fourth-order valence-electron chi connectivity index (χ4n) is 9.94. The lowest BCUT2D eigenvalue weighted by Crippen LogP contribution is -2.14. The van der Waals surface area contributed by atoms with E-state index >= 15 is 0 Å². The van der Waals surface area contributed by atoms with Crippen LogP contribution in [0.2, 0.25) is 0 Å². The summed E-state index contributed by atoms with van der Waals surface area (Å²) in [7, 11) is 0. The first-order valence-corrected chi connectivity index (χ1v) is 21.7. The molecule has 0 aliphatic heterocycles. The van der Waals surface area contributed by atoms with E-state index in [-0.39, 0.29) is 5.41 Å². The van der Waals surface area contributed by atoms with Gasteiger partial charge in [-0.15, -0.1) is 0 Å². The van der Waals surface area contributed by atoms with Gasteiger partial charge >= 0.3 is 0 Å². The zero-order chi connectivity index (χ0) is 42.1. The summed E-state index contributed by atoms with van der Waals surface area (Å²) < 4.78 is 0. The second-order valence-electron chi connectivity index (χ2n) is 17.2. The van der Waals surface area contributed by atoms with Crippen molar-refractivity contribution in [3.8, 4) is 78.7 Å². The Morgan fingerprint density at radius 1 is 0.286 bits per heavy atom. The number of fused-ring (bicyclic) bond motifs is 7. The molecule has 63 heavy (non-hydrogen) atoms. The fraction of sp³-hybridized carbons (Fsp3) is 0.0500. The van der Waals surface area contributed by atoms with E-state index in [0.29, 0.717) is 17.5 Å². The van der Waals surface area contributed by atoms with Crippen LogP contribution in [0, 0.1) is 0 Å². The molecule has 3 nitrogen and oxygen atoms in total. The van der Waals surface area contributed by atoms with Crippen LogP contribution in [-0.4, -0.2) is 15.0 Å². The van der Waals surface area contributed by atoms with E-state index in [0.717, 1.165) is 44.5 Å². The Balaban J connectivity index is 1.02. The average molecular weight is 804 g/mol. The summed E-state index contributed by atoms with van der Waals surface area (Å²) in [6, 6.07) is 76.2. The van der Waals surface area contributed by atoms with E-state index < -0.39 is 0 Å². The zero-order valence-corrected chi connectivity index (χ0v) is 35.0. The lowest BCUT2D eigenvalue weighted by Gasteiger charge is -2.22. The molecule has 0 bridgehead atoms. The van der Waals surface area contributed by atoms with Crippen molar-refractivity contribution in [3.05, 3.63) is 223 Å². The first-order chi connectivity index (χ1) is 31.0. The molecule has 11 aromatic rings. The predicted molar refractivity (Wildman–Crippen MR) is 263 cm³/mol. The highest BCUT2D eigenvalue weighted by atomic mass is 15.0. The first kappa shape index (κ1) is 36.8. The molecule has 1 aromatic heterocycles. The van der Waals surface area contributed by atoms with Gasteiger partial charge in [0.2, 0.25) is 0 Å². The second kappa shape index (κ2) is 14.6. The summed E-state index contributed by atoms with van der Waals surface area (Å²) in [4.78, 5) is 15.8. The van der Waals surface area contributed by atoms with E-state index in [4.69, 9.17) is 15.0 Å². The Kier molecular flexibility index (Phi) is 8.52. The maximum Gasteiger partial charge on any atom is 0.164 e. The van der Waals surface area contributed by atoms with E-state index in [9.17, 15) is 0 Å². The SMILES string of the molecule is CC1(C)c2ccccc2-c2ccc(-c3ccccc3-c3nc(-c4ccc(-c5c6ccccc6cc6c5ccc5ccccc56)cc4)nc(-c4cccc(-c5ccccc5)c4)n3)cc21. The molecule has 0 atom stereocenters. The lowest BCUT2D eigenvalue weighted by atomic mass is 9.81. The van der Waals surface area contributed by atoms with E-state index in [1.807, 2.05) is 6.07 Å². The van der Waals surface area contributed by atoms with Gasteiger partial charge in [0.25, 0.3) is 0 Å². The van der Waals surface area contributed by atoms with Crippen LogP contribution in [0.1, 0.15) is 25.0 Å². The molecule has 0 amide bonds. The zero-order valence-electron chi connectivity index (χ0n) is 35.0. The van der Waals surface area contributed by atoms with Crippen LogP contribution in [0.15, 0.2) is 212 Å². The van der Waals surface area contributed by atoms with Crippen molar-refractivity contribution >= 4 is 32.3 Å². The molecule has 0 fully saturated rings. The second-order valence-corrected chi connectivity index (χ2v) is 17.2. The van der Waals surface area contributed by atoms with Crippen molar-refractivity contribution in [1.29, 1.82) is 0 Å². The lowest BCUT2D eigenvalue weighted by molar-refractivity contribution is 0.660. The van der Waals surface area contributed by atoms with Crippen LogP contribution in [-0.2, 0) is 5.41 Å². The topological polar surface area (TPSA) is 38.7 Å². The molecule has 0 radical (unpaired) electrons. The van der Waals surface area contributed by atoms with Crippen LogP contribution in [0.3, 0.4) is 0 Å². The smallest absolute Gasteiger partial charge is 0.164 e. The summed E-state index contributed by atoms with van der Waals surface area (Å²) in [5, 5.41) is 7.44.